The molecular weight excluding hydrogens is 464 g/mol. The molecule has 1 aliphatic heterocycles. The van der Waals surface area contributed by atoms with E-state index in [0.717, 1.165) is 36.3 Å². The largest absolute Gasteiger partial charge is 0.507 e. The van der Waals surface area contributed by atoms with Crippen molar-refractivity contribution in [1.82, 2.24) is 0 Å². The van der Waals surface area contributed by atoms with Crippen molar-refractivity contribution in [2.45, 2.75) is 40.2 Å². The molecule has 0 saturated carbocycles. The van der Waals surface area contributed by atoms with Crippen molar-refractivity contribution < 1.29 is 19.4 Å². The summed E-state index contributed by atoms with van der Waals surface area (Å²) in [7, 11) is 0. The lowest BCUT2D eigenvalue weighted by atomic mass is 9.94. The zero-order chi connectivity index (χ0) is 26.5. The van der Waals surface area contributed by atoms with Crippen LogP contribution in [0.1, 0.15) is 49.9 Å². The van der Waals surface area contributed by atoms with Crippen LogP contribution < -0.4 is 14.5 Å². The Morgan fingerprint density at radius 2 is 1.62 bits per heavy atom. The fourth-order valence-electron chi connectivity index (χ4n) is 4.68. The highest BCUT2D eigenvalue weighted by Crippen LogP contribution is 2.42. The standard InChI is InChI=1S/C31H34N2O4/c1-5-19-37-26-10-8-9-23(20-26)29(34)27-28(22-13-17-24(18-14-22)32(6-2)7-3)33(31(36)30(27)35)25-15-11-21(4)12-16-25/h8-18,20,28,34H,5-7,19H2,1-4H3/b29-27-. The lowest BCUT2D eigenvalue weighted by Gasteiger charge is -2.27. The number of amides is 1. The lowest BCUT2D eigenvalue weighted by molar-refractivity contribution is -0.132. The number of ether oxygens (including phenoxy) is 1. The summed E-state index contributed by atoms with van der Waals surface area (Å²) in [6, 6.07) is 21.5. The van der Waals surface area contributed by atoms with Crippen LogP contribution in [0.25, 0.3) is 5.76 Å². The number of rotatable bonds is 9. The zero-order valence-corrected chi connectivity index (χ0v) is 21.9. The smallest absolute Gasteiger partial charge is 0.300 e. The van der Waals surface area contributed by atoms with Crippen molar-refractivity contribution in [3.63, 3.8) is 0 Å². The van der Waals surface area contributed by atoms with Gasteiger partial charge in [-0.15, -0.1) is 0 Å². The van der Waals surface area contributed by atoms with Crippen molar-refractivity contribution in [1.29, 1.82) is 0 Å². The average molecular weight is 499 g/mol. The van der Waals surface area contributed by atoms with Gasteiger partial charge in [0.15, 0.2) is 0 Å². The zero-order valence-electron chi connectivity index (χ0n) is 21.9. The van der Waals surface area contributed by atoms with Crippen LogP contribution in [-0.4, -0.2) is 36.5 Å². The molecule has 6 heteroatoms. The van der Waals surface area contributed by atoms with E-state index in [4.69, 9.17) is 4.74 Å². The van der Waals surface area contributed by atoms with Crippen LogP contribution in [0.2, 0.25) is 0 Å². The third-order valence-electron chi connectivity index (χ3n) is 6.67. The SMILES string of the molecule is CCCOc1cccc(/C(O)=C2/C(=O)C(=O)N(c3ccc(C)cc3)C2c2ccc(N(CC)CC)cc2)c1. The Labute approximate surface area is 218 Å². The summed E-state index contributed by atoms with van der Waals surface area (Å²) in [6.45, 7) is 10.5. The number of carbonyl (C=O) groups is 2. The third kappa shape index (κ3) is 5.24. The number of anilines is 2. The van der Waals surface area contributed by atoms with Crippen molar-refractivity contribution >= 4 is 28.8 Å². The van der Waals surface area contributed by atoms with E-state index in [1.807, 2.05) is 62.4 Å². The van der Waals surface area contributed by atoms with Gasteiger partial charge in [0.25, 0.3) is 11.7 Å². The second-order valence-electron chi connectivity index (χ2n) is 9.14. The molecule has 1 heterocycles. The van der Waals surface area contributed by atoms with E-state index in [1.54, 1.807) is 24.3 Å². The number of Topliss-reactive ketones (excluding diaryl/α,β-unsaturated/α-hetero) is 1. The molecule has 1 N–H and O–H groups in total. The maximum absolute atomic E-state index is 13.4. The quantitative estimate of drug-likeness (QED) is 0.214. The Hall–Kier alpha value is -4.06. The van der Waals surface area contributed by atoms with E-state index in [0.29, 0.717) is 23.6 Å². The predicted molar refractivity (Wildman–Crippen MR) is 148 cm³/mol. The molecule has 4 rings (SSSR count). The van der Waals surface area contributed by atoms with Gasteiger partial charge in [-0.25, -0.2) is 0 Å². The minimum atomic E-state index is -0.770. The second-order valence-corrected chi connectivity index (χ2v) is 9.14. The molecular formula is C31H34N2O4. The summed E-state index contributed by atoms with van der Waals surface area (Å²) in [4.78, 5) is 30.5. The molecule has 1 saturated heterocycles. The van der Waals surface area contributed by atoms with Gasteiger partial charge in [0.2, 0.25) is 0 Å². The van der Waals surface area contributed by atoms with Gasteiger partial charge in [-0.1, -0.05) is 48.9 Å². The number of hydrogen-bond donors (Lipinski definition) is 1. The Morgan fingerprint density at radius 1 is 0.946 bits per heavy atom. The summed E-state index contributed by atoms with van der Waals surface area (Å²) in [5, 5.41) is 11.4. The first-order valence-electron chi connectivity index (χ1n) is 12.8. The minimum absolute atomic E-state index is 0.0637. The van der Waals surface area contributed by atoms with E-state index in [9.17, 15) is 14.7 Å². The van der Waals surface area contributed by atoms with Crippen LogP contribution in [0.4, 0.5) is 11.4 Å². The number of carbonyl (C=O) groups excluding carboxylic acids is 2. The Kier molecular flexibility index (Phi) is 7.97. The van der Waals surface area contributed by atoms with Crippen LogP contribution >= 0.6 is 0 Å². The molecule has 192 valence electrons. The van der Waals surface area contributed by atoms with Gasteiger partial charge in [0, 0.05) is 30.0 Å². The van der Waals surface area contributed by atoms with Crippen molar-refractivity contribution in [2.24, 2.45) is 0 Å². The normalized spacial score (nSPS) is 16.8. The molecule has 3 aromatic rings. The fourth-order valence-corrected chi connectivity index (χ4v) is 4.68. The fraction of sp³-hybridized carbons (Fsp3) is 0.290. The first-order chi connectivity index (χ1) is 17.9. The van der Waals surface area contributed by atoms with E-state index < -0.39 is 17.7 Å². The molecule has 3 aromatic carbocycles. The summed E-state index contributed by atoms with van der Waals surface area (Å²) in [6.07, 6.45) is 0.849. The van der Waals surface area contributed by atoms with E-state index in [1.165, 1.54) is 4.90 Å². The van der Waals surface area contributed by atoms with Gasteiger partial charge in [0.1, 0.15) is 11.5 Å². The molecule has 0 aromatic heterocycles. The molecule has 0 bridgehead atoms. The molecule has 1 aliphatic rings. The lowest BCUT2D eigenvalue weighted by Crippen LogP contribution is -2.29. The minimum Gasteiger partial charge on any atom is -0.507 e. The first-order valence-corrected chi connectivity index (χ1v) is 12.8. The molecule has 0 spiro atoms. The third-order valence-corrected chi connectivity index (χ3v) is 6.67. The van der Waals surface area contributed by atoms with Gasteiger partial charge in [-0.3, -0.25) is 14.5 Å². The molecule has 1 atom stereocenters. The van der Waals surface area contributed by atoms with Gasteiger partial charge in [0.05, 0.1) is 18.2 Å². The predicted octanol–water partition coefficient (Wildman–Crippen LogP) is 6.26. The molecule has 1 unspecified atom stereocenters. The van der Waals surface area contributed by atoms with Crippen LogP contribution in [0.15, 0.2) is 78.4 Å². The Bertz CT molecular complexity index is 1290. The van der Waals surface area contributed by atoms with Gasteiger partial charge >= 0.3 is 0 Å². The van der Waals surface area contributed by atoms with Crippen molar-refractivity contribution in [3.8, 4) is 5.75 Å². The number of aliphatic hydroxyl groups is 1. The van der Waals surface area contributed by atoms with Crippen molar-refractivity contribution in [3.05, 3.63) is 95.1 Å². The molecule has 1 fully saturated rings. The summed E-state index contributed by atoms with van der Waals surface area (Å²) in [5.74, 6) is -0.996. The summed E-state index contributed by atoms with van der Waals surface area (Å²) in [5.41, 5.74) is 3.94. The maximum Gasteiger partial charge on any atom is 0.300 e. The number of benzene rings is 3. The summed E-state index contributed by atoms with van der Waals surface area (Å²) >= 11 is 0. The van der Waals surface area contributed by atoms with Crippen LogP contribution in [0, 0.1) is 6.92 Å². The van der Waals surface area contributed by atoms with Gasteiger partial charge in [-0.2, -0.15) is 0 Å². The molecule has 0 radical (unpaired) electrons. The first kappa shape index (κ1) is 26.0. The highest BCUT2D eigenvalue weighted by molar-refractivity contribution is 6.51. The van der Waals surface area contributed by atoms with Crippen LogP contribution in [-0.2, 0) is 9.59 Å². The maximum atomic E-state index is 13.4. The monoisotopic (exact) mass is 498 g/mol. The molecule has 0 aliphatic carbocycles. The Morgan fingerprint density at radius 3 is 2.24 bits per heavy atom. The average Bonchev–Trinajstić information content (AvgIpc) is 3.19. The number of hydrogen-bond acceptors (Lipinski definition) is 5. The highest BCUT2D eigenvalue weighted by atomic mass is 16.5. The van der Waals surface area contributed by atoms with Gasteiger partial charge in [-0.05, 0) is 69.2 Å². The topological polar surface area (TPSA) is 70.1 Å². The summed E-state index contributed by atoms with van der Waals surface area (Å²) < 4.78 is 5.73. The number of aliphatic hydroxyl groups excluding tert-OH is 1. The Balaban J connectivity index is 1.86. The number of aryl methyl sites for hydroxylation is 1. The van der Waals surface area contributed by atoms with E-state index >= 15 is 0 Å². The van der Waals surface area contributed by atoms with Gasteiger partial charge < -0.3 is 14.7 Å². The molecule has 1 amide bonds. The van der Waals surface area contributed by atoms with Crippen LogP contribution in [0.3, 0.4) is 0 Å². The van der Waals surface area contributed by atoms with E-state index in [-0.39, 0.29) is 11.3 Å². The number of ketones is 1. The van der Waals surface area contributed by atoms with Crippen molar-refractivity contribution in [2.75, 3.05) is 29.5 Å². The second kappa shape index (κ2) is 11.3. The highest BCUT2D eigenvalue weighted by Gasteiger charge is 2.47. The molecule has 37 heavy (non-hydrogen) atoms. The van der Waals surface area contributed by atoms with Crippen LogP contribution in [0.5, 0.6) is 5.75 Å². The number of nitrogens with zero attached hydrogens (tertiary/aromatic N) is 2. The molecule has 6 nitrogen and oxygen atoms in total. The van der Waals surface area contributed by atoms with E-state index in [2.05, 4.69) is 18.7 Å².